The third-order valence-corrected chi connectivity index (χ3v) is 3.91. The van der Waals surface area contributed by atoms with Gasteiger partial charge in [-0.1, -0.05) is 0 Å². The van der Waals surface area contributed by atoms with E-state index in [2.05, 4.69) is 10.00 Å². The molecule has 22 heavy (non-hydrogen) atoms. The van der Waals surface area contributed by atoms with Gasteiger partial charge < -0.3 is 9.47 Å². The monoisotopic (exact) mass is 311 g/mol. The number of aromatic nitrogens is 3. The highest BCUT2D eigenvalue weighted by atomic mass is 16.5. The summed E-state index contributed by atoms with van der Waals surface area (Å²) in [7, 11) is 0. The molecule has 3 heterocycles. The van der Waals surface area contributed by atoms with E-state index in [0.29, 0.717) is 33.1 Å². The molecule has 2 saturated heterocycles. The van der Waals surface area contributed by atoms with Crippen LogP contribution in [0, 0.1) is 0 Å². The van der Waals surface area contributed by atoms with Crippen molar-refractivity contribution in [3.63, 3.8) is 0 Å². The SMILES string of the molecule is O=c1cnn(CN2CCOCC2)c(=O)n1CN1CCOCC1. The molecule has 2 aliphatic heterocycles. The quantitative estimate of drug-likeness (QED) is 0.635. The Balaban J connectivity index is 1.75. The molecule has 0 bridgehead atoms. The average Bonchev–Trinajstić information content (AvgIpc) is 2.56. The predicted molar refractivity (Wildman–Crippen MR) is 77.5 cm³/mol. The Morgan fingerprint density at radius 1 is 0.909 bits per heavy atom. The predicted octanol–water partition coefficient (Wildman–Crippen LogP) is -2.02. The molecule has 2 aliphatic rings. The second-order valence-electron chi connectivity index (χ2n) is 5.44. The molecule has 1 aromatic rings. The molecular formula is C13H21N5O4. The largest absolute Gasteiger partial charge is 0.379 e. The van der Waals surface area contributed by atoms with E-state index in [1.165, 1.54) is 15.4 Å². The van der Waals surface area contributed by atoms with Crippen LogP contribution in [0.2, 0.25) is 0 Å². The lowest BCUT2D eigenvalue weighted by Crippen LogP contribution is -2.49. The Hall–Kier alpha value is -1.55. The molecule has 0 aliphatic carbocycles. The number of nitrogens with zero attached hydrogens (tertiary/aromatic N) is 5. The van der Waals surface area contributed by atoms with Gasteiger partial charge in [0.1, 0.15) is 6.20 Å². The van der Waals surface area contributed by atoms with Gasteiger partial charge in [-0.2, -0.15) is 9.78 Å². The normalized spacial score (nSPS) is 21.1. The Labute approximate surface area is 127 Å². The van der Waals surface area contributed by atoms with Gasteiger partial charge in [-0.3, -0.25) is 14.6 Å². The Morgan fingerprint density at radius 3 is 2.05 bits per heavy atom. The van der Waals surface area contributed by atoms with Gasteiger partial charge in [0.25, 0.3) is 5.56 Å². The third-order valence-electron chi connectivity index (χ3n) is 3.91. The summed E-state index contributed by atoms with van der Waals surface area (Å²) in [5.41, 5.74) is -0.736. The fourth-order valence-electron chi connectivity index (χ4n) is 2.57. The van der Waals surface area contributed by atoms with Crippen LogP contribution in [-0.4, -0.2) is 76.8 Å². The first kappa shape index (κ1) is 15.3. The zero-order chi connectivity index (χ0) is 15.4. The van der Waals surface area contributed by atoms with Crippen molar-refractivity contribution in [1.29, 1.82) is 0 Å². The summed E-state index contributed by atoms with van der Waals surface area (Å²) in [5, 5.41) is 3.97. The van der Waals surface area contributed by atoms with Crippen molar-refractivity contribution in [2.75, 3.05) is 52.6 Å². The van der Waals surface area contributed by atoms with Crippen LogP contribution < -0.4 is 11.2 Å². The van der Waals surface area contributed by atoms with E-state index >= 15 is 0 Å². The van der Waals surface area contributed by atoms with Crippen LogP contribution in [0.25, 0.3) is 0 Å². The van der Waals surface area contributed by atoms with Gasteiger partial charge in [0, 0.05) is 26.2 Å². The van der Waals surface area contributed by atoms with Crippen molar-refractivity contribution in [3.8, 4) is 0 Å². The number of hydrogen-bond donors (Lipinski definition) is 0. The summed E-state index contributed by atoms with van der Waals surface area (Å²) >= 11 is 0. The fraction of sp³-hybridized carbons (Fsp3) is 0.769. The van der Waals surface area contributed by atoms with Gasteiger partial charge in [0.05, 0.1) is 39.8 Å². The number of hydrogen-bond acceptors (Lipinski definition) is 7. The summed E-state index contributed by atoms with van der Waals surface area (Å²) in [6, 6.07) is 0. The Kier molecular flexibility index (Phi) is 4.98. The summed E-state index contributed by atoms with van der Waals surface area (Å²) < 4.78 is 13.1. The fourth-order valence-corrected chi connectivity index (χ4v) is 2.57. The second-order valence-corrected chi connectivity index (χ2v) is 5.44. The van der Waals surface area contributed by atoms with Gasteiger partial charge in [-0.15, -0.1) is 0 Å². The van der Waals surface area contributed by atoms with Crippen molar-refractivity contribution in [2.45, 2.75) is 13.3 Å². The van der Waals surface area contributed by atoms with E-state index in [1.807, 2.05) is 4.90 Å². The van der Waals surface area contributed by atoms with E-state index in [1.54, 1.807) is 0 Å². The number of ether oxygens (including phenoxy) is 2. The molecule has 0 N–H and O–H groups in total. The van der Waals surface area contributed by atoms with Crippen LogP contribution in [0.1, 0.15) is 0 Å². The molecule has 122 valence electrons. The minimum absolute atomic E-state index is 0.284. The van der Waals surface area contributed by atoms with E-state index < -0.39 is 0 Å². The van der Waals surface area contributed by atoms with Crippen molar-refractivity contribution < 1.29 is 9.47 Å². The van der Waals surface area contributed by atoms with Crippen molar-refractivity contribution >= 4 is 0 Å². The molecule has 2 fully saturated rings. The highest BCUT2D eigenvalue weighted by molar-refractivity contribution is 4.77. The average molecular weight is 311 g/mol. The molecule has 0 radical (unpaired) electrons. The number of morpholine rings is 2. The van der Waals surface area contributed by atoms with Crippen LogP contribution in [0.15, 0.2) is 15.8 Å². The highest BCUT2D eigenvalue weighted by Gasteiger charge is 2.16. The first-order chi connectivity index (χ1) is 10.7. The third kappa shape index (κ3) is 3.61. The molecule has 0 amide bonds. The van der Waals surface area contributed by atoms with Crippen molar-refractivity contribution in [2.24, 2.45) is 0 Å². The lowest BCUT2D eigenvalue weighted by atomic mass is 10.4. The molecule has 0 unspecified atom stereocenters. The standard InChI is InChI=1S/C13H21N5O4/c19-12-9-14-18(11-16-3-7-22-8-4-16)13(20)17(12)10-15-1-5-21-6-2-15/h9H,1-8,10-11H2. The van der Waals surface area contributed by atoms with E-state index in [9.17, 15) is 9.59 Å². The second kappa shape index (κ2) is 7.14. The first-order valence-electron chi connectivity index (χ1n) is 7.51. The highest BCUT2D eigenvalue weighted by Crippen LogP contribution is 1.98. The first-order valence-corrected chi connectivity index (χ1v) is 7.51. The maximum Gasteiger partial charge on any atom is 0.349 e. The van der Waals surface area contributed by atoms with E-state index in [-0.39, 0.29) is 17.9 Å². The topological polar surface area (TPSA) is 81.8 Å². The van der Waals surface area contributed by atoms with Crippen LogP contribution in [0.4, 0.5) is 0 Å². The summed E-state index contributed by atoms with van der Waals surface area (Å²) in [4.78, 5) is 28.6. The molecule has 0 atom stereocenters. The Bertz CT molecular complexity index is 601. The van der Waals surface area contributed by atoms with E-state index in [4.69, 9.17) is 9.47 Å². The number of rotatable bonds is 4. The van der Waals surface area contributed by atoms with E-state index in [0.717, 1.165) is 26.2 Å². The molecule has 0 aromatic carbocycles. The van der Waals surface area contributed by atoms with Crippen molar-refractivity contribution in [1.82, 2.24) is 24.1 Å². The van der Waals surface area contributed by atoms with Crippen LogP contribution >= 0.6 is 0 Å². The van der Waals surface area contributed by atoms with Crippen molar-refractivity contribution in [3.05, 3.63) is 27.0 Å². The molecule has 0 spiro atoms. The molecular weight excluding hydrogens is 290 g/mol. The van der Waals surface area contributed by atoms with Gasteiger partial charge in [0.2, 0.25) is 0 Å². The minimum Gasteiger partial charge on any atom is -0.379 e. The smallest absolute Gasteiger partial charge is 0.349 e. The molecule has 9 nitrogen and oxygen atoms in total. The zero-order valence-electron chi connectivity index (χ0n) is 12.5. The van der Waals surface area contributed by atoms with Crippen LogP contribution in [0.5, 0.6) is 0 Å². The minimum atomic E-state index is -0.370. The van der Waals surface area contributed by atoms with Crippen LogP contribution in [-0.2, 0) is 22.8 Å². The summed E-state index contributed by atoms with van der Waals surface area (Å²) in [6.45, 7) is 6.19. The lowest BCUT2D eigenvalue weighted by Gasteiger charge is -2.28. The zero-order valence-corrected chi connectivity index (χ0v) is 12.5. The molecule has 1 aromatic heterocycles. The van der Waals surface area contributed by atoms with Gasteiger partial charge in [-0.25, -0.2) is 9.36 Å². The molecule has 9 heteroatoms. The lowest BCUT2D eigenvalue weighted by molar-refractivity contribution is 0.0157. The van der Waals surface area contributed by atoms with Gasteiger partial charge >= 0.3 is 5.69 Å². The van der Waals surface area contributed by atoms with Gasteiger partial charge in [0.15, 0.2) is 0 Å². The maximum absolute atomic E-state index is 12.5. The summed E-state index contributed by atoms with van der Waals surface area (Å²) in [6.07, 6.45) is 1.21. The molecule has 0 saturated carbocycles. The summed E-state index contributed by atoms with van der Waals surface area (Å²) in [5.74, 6) is 0. The molecule has 3 rings (SSSR count). The maximum atomic E-state index is 12.5. The Morgan fingerprint density at radius 2 is 1.45 bits per heavy atom. The van der Waals surface area contributed by atoms with Gasteiger partial charge in [-0.05, 0) is 0 Å². The van der Waals surface area contributed by atoms with Crippen LogP contribution in [0.3, 0.4) is 0 Å².